The minimum absolute atomic E-state index is 0. The van der Waals surface area contributed by atoms with Gasteiger partial charge in [-0.2, -0.15) is 4.21 Å². The third kappa shape index (κ3) is 74.1. The van der Waals surface area contributed by atoms with Gasteiger partial charge in [0.25, 0.3) is 9.05 Å². The van der Waals surface area contributed by atoms with Crippen molar-refractivity contribution in [1.29, 1.82) is 0 Å². The Morgan fingerprint density at radius 1 is 1.38 bits per heavy atom. The van der Waals surface area contributed by atoms with E-state index in [0.717, 1.165) is 0 Å². The third-order valence-electron chi connectivity index (χ3n) is 0. The van der Waals surface area contributed by atoms with Crippen LogP contribution in [0.3, 0.4) is 0 Å². The van der Waals surface area contributed by atoms with Crippen LogP contribution in [-0.2, 0) is 20.2 Å². The standard InChI is InChI=1S/ClH.2Na.H2O3S2.H/c;;;1-5(2,3)4;/h1H;;;(H2,1,2,3,4);/q;2*+1;;-1/p-1. The van der Waals surface area contributed by atoms with E-state index >= 15 is 0 Å². The molecule has 0 amide bonds. The topological polar surface area (TPSA) is 57.5 Å². The Labute approximate surface area is 105 Å². The third-order valence-corrected chi connectivity index (χ3v) is 0. The molecule has 0 unspecified atom stereocenters. The molecule has 0 fully saturated rings. The Hall–Kier alpha value is 2.58. The van der Waals surface area contributed by atoms with Gasteiger partial charge in [-0.05, 0) is 0 Å². The van der Waals surface area contributed by atoms with E-state index < -0.39 is 9.05 Å². The second kappa shape index (κ2) is 9.58. The first-order valence-corrected chi connectivity index (χ1v) is 3.10. The fourth-order valence-electron chi connectivity index (χ4n) is 0. The SMILES string of the molecule is O=S(O)(O)=S.[Cl-].[H-].[Na+].[Na+]. The molecule has 0 radical (unpaired) electrons. The fourth-order valence-corrected chi connectivity index (χ4v) is 0. The largest absolute Gasteiger partial charge is 1.00 e. The second-order valence-corrected chi connectivity index (χ2v) is 2.65. The summed E-state index contributed by atoms with van der Waals surface area (Å²) < 4.78 is 24.0. The number of halogens is 1. The average Bonchev–Trinajstić information content (AvgIpc) is 0.722. The first kappa shape index (κ1) is 22.4. The molecule has 2 N–H and O–H groups in total. The van der Waals surface area contributed by atoms with Crippen molar-refractivity contribution >= 4 is 20.2 Å². The number of hydrogen-bond donors (Lipinski definition) is 2. The van der Waals surface area contributed by atoms with E-state index in [-0.39, 0.29) is 72.9 Å². The Balaban J connectivity index is -0.0000000133. The van der Waals surface area contributed by atoms with Crippen LogP contribution < -0.4 is 71.5 Å². The van der Waals surface area contributed by atoms with Crippen molar-refractivity contribution in [2.45, 2.75) is 0 Å². The molecule has 0 heterocycles. The van der Waals surface area contributed by atoms with Gasteiger partial charge in [0, 0.05) is 11.2 Å². The van der Waals surface area contributed by atoms with Crippen LogP contribution in [0.15, 0.2) is 0 Å². The molecular formula is H3ClNa2O3S2. The van der Waals surface area contributed by atoms with E-state index in [0.29, 0.717) is 0 Å². The van der Waals surface area contributed by atoms with Crippen LogP contribution in [-0.4, -0.2) is 13.3 Å². The maximum absolute atomic E-state index is 9.11. The molecule has 8 heteroatoms. The van der Waals surface area contributed by atoms with Gasteiger partial charge in [-0.3, -0.25) is 9.11 Å². The smallest absolute Gasteiger partial charge is 1.00 e. The summed E-state index contributed by atoms with van der Waals surface area (Å²) in [5, 5.41) is 0. The van der Waals surface area contributed by atoms with E-state index in [1.807, 2.05) is 0 Å². The molecule has 0 saturated heterocycles. The summed E-state index contributed by atoms with van der Waals surface area (Å²) in [6, 6.07) is 0. The van der Waals surface area contributed by atoms with E-state index in [1.165, 1.54) is 0 Å². The molecule has 0 aromatic carbocycles. The fraction of sp³-hybridized carbons (Fsp3) is 0. The summed E-state index contributed by atoms with van der Waals surface area (Å²) in [6.45, 7) is 0. The van der Waals surface area contributed by atoms with Crippen LogP contribution in [0.5, 0.6) is 0 Å². The summed E-state index contributed by atoms with van der Waals surface area (Å²) in [5.74, 6) is 0. The Bertz CT molecular complexity index is 103. The molecule has 0 rings (SSSR count). The Kier molecular flexibility index (Phi) is 26.9. The van der Waals surface area contributed by atoms with Gasteiger partial charge in [-0.15, -0.1) is 0 Å². The van der Waals surface area contributed by atoms with Crippen molar-refractivity contribution < 1.29 is 86.3 Å². The van der Waals surface area contributed by atoms with E-state index in [9.17, 15) is 0 Å². The first-order valence-electron chi connectivity index (χ1n) is 0.698. The Morgan fingerprint density at radius 2 is 1.38 bits per heavy atom. The molecule has 0 aliphatic rings. The molecule has 8 heavy (non-hydrogen) atoms. The average molecular weight is 197 g/mol. The molecule has 42 valence electrons. The predicted octanol–water partition coefficient (Wildman–Crippen LogP) is -9.20. The van der Waals surface area contributed by atoms with Crippen LogP contribution in [0.25, 0.3) is 0 Å². The minimum Gasteiger partial charge on any atom is -1.00 e. The van der Waals surface area contributed by atoms with Crippen LogP contribution in [0.4, 0.5) is 0 Å². The summed E-state index contributed by atoms with van der Waals surface area (Å²) in [5.41, 5.74) is 0. The number of rotatable bonds is 0. The molecule has 0 aliphatic heterocycles. The number of hydrogen-bond acceptors (Lipinski definition) is 2. The van der Waals surface area contributed by atoms with Crippen molar-refractivity contribution in [2.24, 2.45) is 0 Å². The van der Waals surface area contributed by atoms with E-state index in [1.54, 1.807) is 0 Å². The van der Waals surface area contributed by atoms with Crippen LogP contribution >= 0.6 is 0 Å². The van der Waals surface area contributed by atoms with Crippen LogP contribution in [0, 0.1) is 0 Å². The molecule has 3 nitrogen and oxygen atoms in total. The molecule has 0 spiro atoms. The van der Waals surface area contributed by atoms with Gasteiger partial charge < -0.3 is 13.8 Å². The van der Waals surface area contributed by atoms with Crippen molar-refractivity contribution in [3.05, 3.63) is 0 Å². The van der Waals surface area contributed by atoms with Gasteiger partial charge in [0.1, 0.15) is 0 Å². The second-order valence-electron chi connectivity index (χ2n) is 0.448. The maximum Gasteiger partial charge on any atom is 1.00 e. The zero-order chi connectivity index (χ0) is 4.50. The molecule has 0 aliphatic carbocycles. The van der Waals surface area contributed by atoms with E-state index in [2.05, 4.69) is 11.2 Å². The van der Waals surface area contributed by atoms with Gasteiger partial charge >= 0.3 is 59.1 Å². The summed E-state index contributed by atoms with van der Waals surface area (Å²) in [7, 11) is -3.83. The zero-order valence-corrected chi connectivity index (χ0v) is 10.9. The van der Waals surface area contributed by atoms with Crippen molar-refractivity contribution in [2.75, 3.05) is 0 Å². The summed E-state index contributed by atoms with van der Waals surface area (Å²) in [4.78, 5) is 0. The molecule has 0 bridgehead atoms. The van der Waals surface area contributed by atoms with Crippen molar-refractivity contribution in [3.63, 3.8) is 0 Å². The van der Waals surface area contributed by atoms with Crippen molar-refractivity contribution in [1.82, 2.24) is 0 Å². The van der Waals surface area contributed by atoms with Crippen molar-refractivity contribution in [3.8, 4) is 0 Å². The summed E-state index contributed by atoms with van der Waals surface area (Å²) >= 11 is 3.47. The van der Waals surface area contributed by atoms with Gasteiger partial charge in [-0.1, -0.05) is 0 Å². The quantitative estimate of drug-likeness (QED) is 0.378. The maximum atomic E-state index is 9.11. The summed E-state index contributed by atoms with van der Waals surface area (Å²) in [6.07, 6.45) is 0. The predicted molar refractivity (Wildman–Crippen MR) is 21.9 cm³/mol. The van der Waals surface area contributed by atoms with Crippen LogP contribution in [0.2, 0.25) is 0 Å². The van der Waals surface area contributed by atoms with Gasteiger partial charge in [0.05, 0.1) is 0 Å². The van der Waals surface area contributed by atoms with Gasteiger partial charge in [0.15, 0.2) is 0 Å². The molecule has 0 saturated carbocycles. The minimum atomic E-state index is -3.83. The van der Waals surface area contributed by atoms with Gasteiger partial charge in [-0.25, -0.2) is 0 Å². The molecule has 0 atom stereocenters. The Morgan fingerprint density at radius 3 is 1.38 bits per heavy atom. The normalized spacial score (nSPS) is 7.25. The first-order chi connectivity index (χ1) is 2.00. The van der Waals surface area contributed by atoms with E-state index in [4.69, 9.17) is 13.3 Å². The molecule has 0 aromatic rings. The molecular weight excluding hydrogens is 194 g/mol. The molecule has 0 aromatic heterocycles. The zero-order valence-electron chi connectivity index (χ0n) is 5.50. The monoisotopic (exact) mass is 196 g/mol. The van der Waals surface area contributed by atoms with Crippen LogP contribution in [0.1, 0.15) is 1.43 Å². The van der Waals surface area contributed by atoms with Gasteiger partial charge in [0.2, 0.25) is 0 Å².